The van der Waals surface area contributed by atoms with E-state index in [1.54, 1.807) is 11.3 Å². The molecule has 3 N–H and O–H groups in total. The van der Waals surface area contributed by atoms with Crippen molar-refractivity contribution < 1.29 is 4.74 Å². The van der Waals surface area contributed by atoms with Gasteiger partial charge in [0.1, 0.15) is 0 Å². The lowest BCUT2D eigenvalue weighted by Crippen LogP contribution is -2.26. The number of anilines is 1. The average Bonchev–Trinajstić information content (AvgIpc) is 2.78. The summed E-state index contributed by atoms with van der Waals surface area (Å²) in [5, 5.41) is 5.49. The molecule has 0 radical (unpaired) electrons. The van der Waals surface area contributed by atoms with Gasteiger partial charge in [-0.3, -0.25) is 0 Å². The highest BCUT2D eigenvalue weighted by molar-refractivity contribution is 7.10. The Morgan fingerprint density at radius 1 is 1.67 bits per heavy atom. The third-order valence-corrected chi connectivity index (χ3v) is 3.94. The highest BCUT2D eigenvalue weighted by Gasteiger charge is 2.23. The van der Waals surface area contributed by atoms with Crippen LogP contribution < -0.4 is 11.1 Å². The van der Waals surface area contributed by atoms with E-state index in [2.05, 4.69) is 12.2 Å². The first-order valence-corrected chi connectivity index (χ1v) is 6.29. The van der Waals surface area contributed by atoms with E-state index in [-0.39, 0.29) is 0 Å². The molecule has 1 aromatic rings. The van der Waals surface area contributed by atoms with Crippen LogP contribution >= 0.6 is 11.3 Å². The van der Waals surface area contributed by atoms with Gasteiger partial charge in [-0.25, -0.2) is 0 Å². The minimum atomic E-state index is 0.401. The molecular formula is C11H18N2OS. The number of ether oxygens (including phenoxy) is 1. The van der Waals surface area contributed by atoms with Crippen molar-refractivity contribution in [2.45, 2.75) is 26.0 Å². The number of rotatable bonds is 4. The molecule has 4 heteroatoms. The molecule has 0 aromatic carbocycles. The topological polar surface area (TPSA) is 47.3 Å². The molecule has 2 unspecified atom stereocenters. The summed E-state index contributed by atoms with van der Waals surface area (Å²) in [6.07, 6.45) is 1.58. The molecule has 0 bridgehead atoms. The Labute approximate surface area is 94.6 Å². The van der Waals surface area contributed by atoms with Gasteiger partial charge in [-0.1, -0.05) is 0 Å². The Morgan fingerprint density at radius 3 is 3.13 bits per heavy atom. The number of nitrogen functional groups attached to an aromatic ring is 1. The van der Waals surface area contributed by atoms with Gasteiger partial charge in [0, 0.05) is 30.3 Å². The lowest BCUT2D eigenvalue weighted by atomic mass is 10.0. The van der Waals surface area contributed by atoms with E-state index in [1.165, 1.54) is 11.3 Å². The predicted octanol–water partition coefficient (Wildman–Crippen LogP) is 1.84. The highest BCUT2D eigenvalue weighted by Crippen LogP contribution is 2.21. The monoisotopic (exact) mass is 226 g/mol. The van der Waals surface area contributed by atoms with E-state index >= 15 is 0 Å². The quantitative estimate of drug-likeness (QED) is 0.823. The summed E-state index contributed by atoms with van der Waals surface area (Å²) in [7, 11) is 0. The van der Waals surface area contributed by atoms with Crippen molar-refractivity contribution >= 4 is 17.0 Å². The number of thiophene rings is 1. The molecule has 0 spiro atoms. The van der Waals surface area contributed by atoms with Crippen LogP contribution in [0.5, 0.6) is 0 Å². The second-order valence-electron chi connectivity index (χ2n) is 4.05. The van der Waals surface area contributed by atoms with Gasteiger partial charge in [-0.15, -0.1) is 11.3 Å². The minimum Gasteiger partial charge on any atom is -0.398 e. The zero-order valence-electron chi connectivity index (χ0n) is 9.03. The standard InChI is InChI=1S/C11H18N2OS/c1-8-9(2-4-14-8)6-13-7-11-10(12)3-5-15-11/h3,5,8-9,13H,2,4,6-7,12H2,1H3. The summed E-state index contributed by atoms with van der Waals surface area (Å²) >= 11 is 1.71. The average molecular weight is 226 g/mol. The number of nitrogens with one attached hydrogen (secondary N) is 1. The van der Waals surface area contributed by atoms with Crippen LogP contribution in [0.3, 0.4) is 0 Å². The second kappa shape index (κ2) is 4.96. The molecule has 2 atom stereocenters. The van der Waals surface area contributed by atoms with E-state index in [0.717, 1.165) is 25.4 Å². The first kappa shape index (κ1) is 10.9. The zero-order valence-corrected chi connectivity index (χ0v) is 9.85. The maximum Gasteiger partial charge on any atom is 0.0588 e. The van der Waals surface area contributed by atoms with Crippen LogP contribution in [0.2, 0.25) is 0 Å². The Balaban J connectivity index is 1.73. The lowest BCUT2D eigenvalue weighted by Gasteiger charge is -2.14. The molecule has 1 fully saturated rings. The van der Waals surface area contributed by atoms with Gasteiger partial charge in [0.05, 0.1) is 6.10 Å². The fourth-order valence-corrected chi connectivity index (χ4v) is 2.68. The van der Waals surface area contributed by atoms with Gasteiger partial charge in [0.25, 0.3) is 0 Å². The maximum atomic E-state index is 5.81. The van der Waals surface area contributed by atoms with Crippen molar-refractivity contribution in [2.24, 2.45) is 5.92 Å². The molecule has 1 aliphatic rings. The van der Waals surface area contributed by atoms with Crippen LogP contribution in [0.1, 0.15) is 18.2 Å². The van der Waals surface area contributed by atoms with Gasteiger partial charge < -0.3 is 15.8 Å². The van der Waals surface area contributed by atoms with E-state index < -0.39 is 0 Å². The molecule has 84 valence electrons. The van der Waals surface area contributed by atoms with Crippen molar-refractivity contribution in [3.8, 4) is 0 Å². The summed E-state index contributed by atoms with van der Waals surface area (Å²) in [5.41, 5.74) is 6.71. The molecule has 0 aliphatic carbocycles. The van der Waals surface area contributed by atoms with Crippen molar-refractivity contribution in [3.63, 3.8) is 0 Å². The molecular weight excluding hydrogens is 208 g/mol. The Bertz CT molecular complexity index is 313. The molecule has 2 heterocycles. The van der Waals surface area contributed by atoms with Gasteiger partial charge in [-0.2, -0.15) is 0 Å². The SMILES string of the molecule is CC1OCCC1CNCc1sccc1N. The highest BCUT2D eigenvalue weighted by atomic mass is 32.1. The van der Waals surface area contributed by atoms with E-state index in [4.69, 9.17) is 10.5 Å². The molecule has 15 heavy (non-hydrogen) atoms. The third kappa shape index (κ3) is 2.71. The van der Waals surface area contributed by atoms with Crippen molar-refractivity contribution in [1.29, 1.82) is 0 Å². The van der Waals surface area contributed by atoms with Crippen LogP contribution in [0.4, 0.5) is 5.69 Å². The van der Waals surface area contributed by atoms with Gasteiger partial charge in [0.2, 0.25) is 0 Å². The van der Waals surface area contributed by atoms with E-state index in [0.29, 0.717) is 12.0 Å². The molecule has 2 rings (SSSR count). The predicted molar refractivity (Wildman–Crippen MR) is 64.0 cm³/mol. The Hall–Kier alpha value is -0.580. The number of nitrogens with two attached hydrogens (primary N) is 1. The fourth-order valence-electron chi connectivity index (χ4n) is 1.91. The normalized spacial score (nSPS) is 25.9. The van der Waals surface area contributed by atoms with E-state index in [9.17, 15) is 0 Å². The van der Waals surface area contributed by atoms with Crippen molar-refractivity contribution in [1.82, 2.24) is 5.32 Å². The second-order valence-corrected chi connectivity index (χ2v) is 5.06. The first-order valence-electron chi connectivity index (χ1n) is 5.41. The number of hydrogen-bond acceptors (Lipinski definition) is 4. The molecule has 1 aliphatic heterocycles. The van der Waals surface area contributed by atoms with Crippen LogP contribution in [0.25, 0.3) is 0 Å². The summed E-state index contributed by atoms with van der Waals surface area (Å²) in [5.74, 6) is 0.659. The summed E-state index contributed by atoms with van der Waals surface area (Å²) in [6, 6.07) is 1.96. The maximum absolute atomic E-state index is 5.81. The Morgan fingerprint density at radius 2 is 2.53 bits per heavy atom. The molecule has 1 saturated heterocycles. The molecule has 1 aromatic heterocycles. The first-order chi connectivity index (χ1) is 7.27. The van der Waals surface area contributed by atoms with Crippen LogP contribution in [-0.2, 0) is 11.3 Å². The fraction of sp³-hybridized carbons (Fsp3) is 0.636. The molecule has 0 saturated carbocycles. The van der Waals surface area contributed by atoms with E-state index in [1.807, 2.05) is 11.4 Å². The lowest BCUT2D eigenvalue weighted by molar-refractivity contribution is 0.105. The van der Waals surface area contributed by atoms with Crippen molar-refractivity contribution in [2.75, 3.05) is 18.9 Å². The summed E-state index contributed by atoms with van der Waals surface area (Å²) in [6.45, 7) is 4.97. The number of hydrogen-bond donors (Lipinski definition) is 2. The van der Waals surface area contributed by atoms with Crippen LogP contribution in [0, 0.1) is 5.92 Å². The largest absolute Gasteiger partial charge is 0.398 e. The van der Waals surface area contributed by atoms with Gasteiger partial charge >= 0.3 is 0 Å². The third-order valence-electron chi connectivity index (χ3n) is 3.01. The summed E-state index contributed by atoms with van der Waals surface area (Å²) in [4.78, 5) is 1.24. The van der Waals surface area contributed by atoms with Gasteiger partial charge in [-0.05, 0) is 30.7 Å². The Kier molecular flexibility index (Phi) is 3.61. The van der Waals surface area contributed by atoms with Crippen LogP contribution in [-0.4, -0.2) is 19.3 Å². The smallest absolute Gasteiger partial charge is 0.0588 e. The van der Waals surface area contributed by atoms with Gasteiger partial charge in [0.15, 0.2) is 0 Å². The minimum absolute atomic E-state index is 0.401. The van der Waals surface area contributed by atoms with Crippen molar-refractivity contribution in [3.05, 3.63) is 16.3 Å². The molecule has 0 amide bonds. The summed E-state index contributed by atoms with van der Waals surface area (Å²) < 4.78 is 5.51. The molecule has 3 nitrogen and oxygen atoms in total. The van der Waals surface area contributed by atoms with Crippen LogP contribution in [0.15, 0.2) is 11.4 Å². The zero-order chi connectivity index (χ0) is 10.7.